The maximum absolute atomic E-state index is 12.4. The van der Waals surface area contributed by atoms with Crippen molar-refractivity contribution in [1.29, 1.82) is 0 Å². The normalized spacial score (nSPS) is 13.8. The van der Waals surface area contributed by atoms with Gasteiger partial charge in [0.05, 0.1) is 33.1 Å². The minimum atomic E-state index is -0.780. The lowest BCUT2D eigenvalue weighted by Gasteiger charge is -2.13. The largest absolute Gasteiger partial charge is 0.493 e. The predicted octanol–water partition coefficient (Wildman–Crippen LogP) is 6.70. The molecular weight excluding hydrogens is 560 g/mol. The summed E-state index contributed by atoms with van der Waals surface area (Å²) in [5, 5.41) is 23.0. The van der Waals surface area contributed by atoms with Crippen LogP contribution in [0.15, 0.2) is 70.7 Å². The number of cyclic esters (lactones) is 1. The SMILES string of the molecule is COc1cc(/C=C2\C=C(c3ccc(Cl)cc3)OC2=O)cc(Br)c1Oc1ccc([N+](=O)[O-])cc1[N+](=O)[O-]. The number of hydrogen-bond donors (Lipinski definition) is 0. The molecule has 0 spiro atoms. The number of hydrogen-bond acceptors (Lipinski definition) is 8. The fourth-order valence-electron chi connectivity index (χ4n) is 3.31. The van der Waals surface area contributed by atoms with Crippen molar-refractivity contribution in [3.63, 3.8) is 0 Å². The van der Waals surface area contributed by atoms with Gasteiger partial charge in [-0.3, -0.25) is 20.2 Å². The van der Waals surface area contributed by atoms with Gasteiger partial charge in [-0.2, -0.15) is 0 Å². The number of carbonyl (C=O) groups is 1. The molecule has 0 saturated carbocycles. The van der Waals surface area contributed by atoms with Gasteiger partial charge < -0.3 is 14.2 Å². The zero-order valence-electron chi connectivity index (χ0n) is 18.3. The zero-order valence-corrected chi connectivity index (χ0v) is 20.6. The molecule has 1 aliphatic rings. The Morgan fingerprint density at radius 2 is 1.72 bits per heavy atom. The van der Waals surface area contributed by atoms with Crippen LogP contribution in [0.1, 0.15) is 11.1 Å². The summed E-state index contributed by atoms with van der Waals surface area (Å²) in [7, 11) is 1.37. The molecule has 0 aliphatic carbocycles. The second-order valence-electron chi connectivity index (χ2n) is 7.31. The first-order chi connectivity index (χ1) is 17.2. The molecule has 0 aromatic heterocycles. The summed E-state index contributed by atoms with van der Waals surface area (Å²) in [5.41, 5.74) is 0.483. The Morgan fingerprint density at radius 3 is 2.36 bits per heavy atom. The summed E-state index contributed by atoms with van der Waals surface area (Å²) in [5.74, 6) is -0.0954. The van der Waals surface area contributed by atoms with Crippen molar-refractivity contribution in [2.45, 2.75) is 0 Å². The lowest BCUT2D eigenvalue weighted by Crippen LogP contribution is -1.99. The number of nitro groups is 2. The topological polar surface area (TPSA) is 131 Å². The van der Waals surface area contributed by atoms with Crippen LogP contribution in [0.5, 0.6) is 17.2 Å². The number of ether oxygens (including phenoxy) is 3. The van der Waals surface area contributed by atoms with Gasteiger partial charge in [0.25, 0.3) is 5.69 Å². The second kappa shape index (κ2) is 10.2. The van der Waals surface area contributed by atoms with Crippen molar-refractivity contribution in [2.24, 2.45) is 0 Å². The van der Waals surface area contributed by atoms with Crippen molar-refractivity contribution in [2.75, 3.05) is 7.11 Å². The third-order valence-corrected chi connectivity index (χ3v) is 5.83. The van der Waals surface area contributed by atoms with Crippen LogP contribution in [-0.4, -0.2) is 22.9 Å². The van der Waals surface area contributed by atoms with E-state index in [1.807, 2.05) is 0 Å². The molecule has 182 valence electrons. The molecule has 36 heavy (non-hydrogen) atoms. The first kappa shape index (κ1) is 24.9. The lowest BCUT2D eigenvalue weighted by atomic mass is 10.1. The van der Waals surface area contributed by atoms with E-state index in [1.54, 1.807) is 48.6 Å². The van der Waals surface area contributed by atoms with E-state index in [0.717, 1.165) is 18.2 Å². The molecule has 0 unspecified atom stereocenters. The number of non-ortho nitro benzene ring substituents is 1. The van der Waals surface area contributed by atoms with Gasteiger partial charge in [0, 0.05) is 16.7 Å². The van der Waals surface area contributed by atoms with Crippen LogP contribution in [0.25, 0.3) is 11.8 Å². The van der Waals surface area contributed by atoms with Gasteiger partial charge in [-0.15, -0.1) is 0 Å². The number of nitrogens with zero attached hydrogens (tertiary/aromatic N) is 2. The third-order valence-electron chi connectivity index (χ3n) is 4.99. The lowest BCUT2D eigenvalue weighted by molar-refractivity contribution is -0.394. The third kappa shape index (κ3) is 5.21. The van der Waals surface area contributed by atoms with E-state index < -0.39 is 27.2 Å². The maximum atomic E-state index is 12.4. The van der Waals surface area contributed by atoms with Gasteiger partial charge in [-0.1, -0.05) is 11.6 Å². The standard InChI is InChI=1S/C24H14BrClN2O8/c1-34-22-10-13(8-15-11-21(36-24(15)29)14-2-4-16(26)5-3-14)9-18(25)23(22)35-20-7-6-17(27(30)31)12-19(20)28(32)33/h2-12H,1H3/b15-8+. The van der Waals surface area contributed by atoms with Crippen molar-refractivity contribution >= 4 is 56.7 Å². The molecule has 3 aromatic rings. The number of halogens is 2. The van der Waals surface area contributed by atoms with E-state index in [4.69, 9.17) is 25.8 Å². The average molecular weight is 574 g/mol. The summed E-state index contributed by atoms with van der Waals surface area (Å²) in [6.45, 7) is 0. The maximum Gasteiger partial charge on any atom is 0.343 e. The molecule has 0 amide bonds. The molecule has 0 fully saturated rings. The predicted molar refractivity (Wildman–Crippen MR) is 134 cm³/mol. The molecule has 0 atom stereocenters. The monoisotopic (exact) mass is 572 g/mol. The Kier molecular flexibility index (Phi) is 7.04. The molecule has 3 aromatic carbocycles. The molecule has 10 nitrogen and oxygen atoms in total. The number of esters is 1. The highest BCUT2D eigenvalue weighted by atomic mass is 79.9. The highest BCUT2D eigenvalue weighted by Gasteiger charge is 2.25. The van der Waals surface area contributed by atoms with Gasteiger partial charge >= 0.3 is 11.7 Å². The molecule has 0 radical (unpaired) electrons. The van der Waals surface area contributed by atoms with Gasteiger partial charge in [-0.25, -0.2) is 4.79 Å². The van der Waals surface area contributed by atoms with Gasteiger partial charge in [0.1, 0.15) is 5.76 Å². The first-order valence-corrected chi connectivity index (χ1v) is 11.2. The average Bonchev–Trinajstić information content (AvgIpc) is 3.20. The van der Waals surface area contributed by atoms with Crippen LogP contribution in [-0.2, 0) is 9.53 Å². The fourth-order valence-corrected chi connectivity index (χ4v) is 3.97. The number of carbonyl (C=O) groups excluding carboxylic acids is 1. The number of rotatable bonds is 7. The molecular formula is C24H14BrClN2O8. The summed E-state index contributed by atoms with van der Waals surface area (Å²) >= 11 is 9.27. The zero-order chi connectivity index (χ0) is 26.0. The van der Waals surface area contributed by atoms with Crippen LogP contribution < -0.4 is 9.47 Å². The minimum Gasteiger partial charge on any atom is -0.493 e. The highest BCUT2D eigenvalue weighted by molar-refractivity contribution is 9.10. The van der Waals surface area contributed by atoms with Crippen molar-refractivity contribution in [3.8, 4) is 17.2 Å². The fraction of sp³-hybridized carbons (Fsp3) is 0.0417. The molecule has 4 rings (SSSR count). The van der Waals surface area contributed by atoms with Gasteiger partial charge in [-0.05, 0) is 76.1 Å². The van der Waals surface area contributed by atoms with Crippen molar-refractivity contribution in [3.05, 3.63) is 107 Å². The van der Waals surface area contributed by atoms with E-state index in [0.29, 0.717) is 26.4 Å². The molecule has 12 heteroatoms. The van der Waals surface area contributed by atoms with Crippen LogP contribution in [0.2, 0.25) is 5.02 Å². The Bertz CT molecular complexity index is 1470. The number of nitro benzene ring substituents is 2. The Hall–Kier alpha value is -4.22. The van der Waals surface area contributed by atoms with Crippen LogP contribution in [0.3, 0.4) is 0 Å². The Balaban J connectivity index is 1.68. The molecule has 0 bridgehead atoms. The van der Waals surface area contributed by atoms with Crippen molar-refractivity contribution < 1.29 is 28.9 Å². The van der Waals surface area contributed by atoms with Gasteiger partial charge in [0.15, 0.2) is 11.5 Å². The van der Waals surface area contributed by atoms with Crippen LogP contribution in [0, 0.1) is 20.2 Å². The second-order valence-corrected chi connectivity index (χ2v) is 8.60. The summed E-state index contributed by atoms with van der Waals surface area (Å²) in [4.78, 5) is 33.3. The summed E-state index contributed by atoms with van der Waals surface area (Å²) in [6, 6.07) is 13.0. The molecule has 0 saturated heterocycles. The van der Waals surface area contributed by atoms with E-state index in [9.17, 15) is 25.0 Å². The van der Waals surface area contributed by atoms with E-state index in [2.05, 4.69) is 15.9 Å². The Labute approximate surface area is 216 Å². The Morgan fingerprint density at radius 1 is 1.00 bits per heavy atom. The first-order valence-electron chi connectivity index (χ1n) is 10.1. The minimum absolute atomic E-state index is 0.1000. The number of benzene rings is 3. The van der Waals surface area contributed by atoms with E-state index in [-0.39, 0.29) is 22.8 Å². The molecule has 1 aliphatic heterocycles. The molecule has 0 N–H and O–H groups in total. The van der Waals surface area contributed by atoms with Gasteiger partial charge in [0.2, 0.25) is 5.75 Å². The summed E-state index contributed by atoms with van der Waals surface area (Å²) in [6.07, 6.45) is 3.17. The highest BCUT2D eigenvalue weighted by Crippen LogP contribution is 2.43. The summed E-state index contributed by atoms with van der Waals surface area (Å²) < 4.78 is 16.8. The van der Waals surface area contributed by atoms with E-state index in [1.165, 1.54) is 7.11 Å². The van der Waals surface area contributed by atoms with Crippen molar-refractivity contribution in [1.82, 2.24) is 0 Å². The smallest absolute Gasteiger partial charge is 0.343 e. The van der Waals surface area contributed by atoms with E-state index >= 15 is 0 Å². The molecule has 1 heterocycles. The van der Waals surface area contributed by atoms with Crippen LogP contribution in [0.4, 0.5) is 11.4 Å². The number of methoxy groups -OCH3 is 1. The quantitative estimate of drug-likeness (QED) is 0.132. The van der Waals surface area contributed by atoms with Crippen LogP contribution >= 0.6 is 27.5 Å².